The molecule has 0 radical (unpaired) electrons. The third-order valence-electron chi connectivity index (χ3n) is 7.85. The van der Waals surface area contributed by atoms with Gasteiger partial charge in [-0.15, -0.1) is 0 Å². The topological polar surface area (TPSA) is 123 Å². The van der Waals surface area contributed by atoms with Crippen LogP contribution in [0.3, 0.4) is 0 Å². The number of nitriles is 3. The highest BCUT2D eigenvalue weighted by Gasteiger charge is 2.79. The number of unbranched alkanes of at least 4 members (excludes halogenated alkanes) is 5. The first-order chi connectivity index (χ1) is 18.3. The summed E-state index contributed by atoms with van der Waals surface area (Å²) < 4.78 is 18.4. The Kier molecular flexibility index (Phi) is 7.98. The van der Waals surface area contributed by atoms with E-state index in [2.05, 4.69) is 25.1 Å². The lowest BCUT2D eigenvalue weighted by Crippen LogP contribution is -2.57. The lowest BCUT2D eigenvalue weighted by Gasteiger charge is -2.48. The van der Waals surface area contributed by atoms with Gasteiger partial charge in [0.2, 0.25) is 17.1 Å². The van der Waals surface area contributed by atoms with Crippen molar-refractivity contribution >= 4 is 17.5 Å². The second kappa shape index (κ2) is 11.0. The molecule has 0 amide bonds. The van der Waals surface area contributed by atoms with Gasteiger partial charge in [0.1, 0.15) is 11.9 Å². The lowest BCUT2D eigenvalue weighted by molar-refractivity contribution is -0.288. The molecule has 2 saturated heterocycles. The van der Waals surface area contributed by atoms with Crippen molar-refractivity contribution in [3.05, 3.63) is 64.7 Å². The van der Waals surface area contributed by atoms with Crippen molar-refractivity contribution in [3.63, 3.8) is 0 Å². The minimum Gasteiger partial charge on any atom is -0.494 e. The van der Waals surface area contributed by atoms with Crippen molar-refractivity contribution < 1.29 is 14.2 Å². The average molecular weight is 531 g/mol. The first-order valence-corrected chi connectivity index (χ1v) is 13.4. The van der Waals surface area contributed by atoms with Crippen LogP contribution in [0.1, 0.15) is 69.6 Å². The summed E-state index contributed by atoms with van der Waals surface area (Å²) in [7, 11) is 0. The first kappa shape index (κ1) is 27.5. The maximum Gasteiger partial charge on any atom is 0.244 e. The quantitative estimate of drug-likeness (QED) is 0.324. The summed E-state index contributed by atoms with van der Waals surface area (Å²) in [5.74, 6) is -2.22. The molecule has 2 aromatic rings. The molecule has 2 fully saturated rings. The second-order valence-corrected chi connectivity index (χ2v) is 10.4. The van der Waals surface area contributed by atoms with Gasteiger partial charge in [-0.05, 0) is 36.2 Å². The maximum absolute atomic E-state index is 10.4. The van der Waals surface area contributed by atoms with Crippen LogP contribution in [0.2, 0.25) is 5.02 Å². The molecule has 4 atom stereocenters. The number of benzene rings is 2. The van der Waals surface area contributed by atoms with Crippen molar-refractivity contribution in [2.75, 3.05) is 6.61 Å². The highest BCUT2D eigenvalue weighted by Crippen LogP contribution is 2.69. The fourth-order valence-corrected chi connectivity index (χ4v) is 5.88. The Morgan fingerprint density at radius 2 is 1.66 bits per heavy atom. The Bertz CT molecular complexity index is 1290. The van der Waals surface area contributed by atoms with E-state index in [0.29, 0.717) is 28.5 Å². The zero-order valence-electron chi connectivity index (χ0n) is 21.7. The van der Waals surface area contributed by atoms with Crippen LogP contribution < -0.4 is 4.74 Å². The zero-order valence-corrected chi connectivity index (χ0v) is 22.4. The van der Waals surface area contributed by atoms with Gasteiger partial charge in [-0.25, -0.2) is 0 Å². The number of hydrogen-bond acceptors (Lipinski definition) is 7. The normalized spacial score (nSPS) is 27.0. The molecule has 0 saturated carbocycles. The molecule has 0 aromatic heterocycles. The number of nitrogens with one attached hydrogen (secondary N) is 1. The summed E-state index contributed by atoms with van der Waals surface area (Å²) in [6.45, 7) is 4.47. The molecule has 4 unspecified atom stereocenters. The summed E-state index contributed by atoms with van der Waals surface area (Å²) in [4.78, 5) is 0. The van der Waals surface area contributed by atoms with Crippen molar-refractivity contribution in [2.45, 2.75) is 64.3 Å². The molecule has 1 N–H and O–H groups in total. The van der Waals surface area contributed by atoms with E-state index in [0.717, 1.165) is 12.8 Å². The first-order valence-electron chi connectivity index (χ1n) is 13.0. The second-order valence-electron chi connectivity index (χ2n) is 9.97. The molecule has 0 spiro atoms. The summed E-state index contributed by atoms with van der Waals surface area (Å²) in [5, 5.41) is 40.4. The van der Waals surface area contributed by atoms with Gasteiger partial charge in [-0.3, -0.25) is 5.41 Å². The van der Waals surface area contributed by atoms with Gasteiger partial charge < -0.3 is 14.2 Å². The molecule has 38 heavy (non-hydrogen) atoms. The molecular weight excluding hydrogens is 500 g/mol. The van der Waals surface area contributed by atoms with E-state index in [-0.39, 0.29) is 0 Å². The maximum atomic E-state index is 10.4. The highest BCUT2D eigenvalue weighted by molar-refractivity contribution is 6.30. The summed E-state index contributed by atoms with van der Waals surface area (Å²) in [5.41, 5.74) is -2.88. The predicted molar refractivity (Wildman–Crippen MR) is 142 cm³/mol. The van der Waals surface area contributed by atoms with Gasteiger partial charge in [-0.2, -0.15) is 15.8 Å². The van der Waals surface area contributed by atoms with Crippen LogP contribution in [0.5, 0.6) is 5.75 Å². The summed E-state index contributed by atoms with van der Waals surface area (Å²) >= 11 is 6.27. The number of halogens is 1. The van der Waals surface area contributed by atoms with Gasteiger partial charge >= 0.3 is 0 Å². The van der Waals surface area contributed by atoms with Crippen molar-refractivity contribution in [2.24, 2.45) is 16.7 Å². The third kappa shape index (κ3) is 4.19. The minimum atomic E-state index is -2.03. The largest absolute Gasteiger partial charge is 0.494 e. The molecule has 8 heteroatoms. The minimum absolute atomic E-state index is 0.429. The smallest absolute Gasteiger partial charge is 0.244 e. The lowest BCUT2D eigenvalue weighted by atomic mass is 9.53. The van der Waals surface area contributed by atoms with Crippen LogP contribution in [0, 0.1) is 56.2 Å². The molecule has 4 rings (SSSR count). The van der Waals surface area contributed by atoms with E-state index in [1.54, 1.807) is 55.5 Å². The Balaban J connectivity index is 1.67. The molecular formula is C30H31ClN4O3. The number of ether oxygens (including phenoxy) is 3. The van der Waals surface area contributed by atoms with Crippen LogP contribution in [0.15, 0.2) is 48.5 Å². The number of rotatable bonds is 10. The fraction of sp³-hybridized carbons (Fsp3) is 0.467. The zero-order chi connectivity index (χ0) is 27.4. The third-order valence-corrected chi connectivity index (χ3v) is 8.08. The fourth-order valence-electron chi connectivity index (χ4n) is 5.69. The molecule has 2 bridgehead atoms. The van der Waals surface area contributed by atoms with E-state index in [1.165, 1.54) is 25.7 Å². The average Bonchev–Trinajstić information content (AvgIpc) is 3.09. The van der Waals surface area contributed by atoms with Gasteiger partial charge in [0.15, 0.2) is 5.41 Å². The van der Waals surface area contributed by atoms with Crippen LogP contribution in [0.25, 0.3) is 0 Å². The summed E-state index contributed by atoms with van der Waals surface area (Å²) in [6.07, 6.45) is 5.82. The SMILES string of the molecule is CCCCCCCCOc1ccc(C2OC3(c4cccc(Cl)c4)OC(=N)C(C#N)(C3C)C2(C#N)C#N)cc1. The van der Waals surface area contributed by atoms with Gasteiger partial charge in [-0.1, -0.05) is 81.8 Å². The molecule has 196 valence electrons. The van der Waals surface area contributed by atoms with E-state index in [9.17, 15) is 15.8 Å². The number of fused-ring (bicyclic) bond motifs is 2. The highest BCUT2D eigenvalue weighted by atomic mass is 35.5. The van der Waals surface area contributed by atoms with Gasteiger partial charge in [0.05, 0.1) is 30.7 Å². The molecule has 0 aliphatic carbocycles. The van der Waals surface area contributed by atoms with Crippen LogP contribution in [-0.2, 0) is 15.3 Å². The number of hydrogen-bond donors (Lipinski definition) is 1. The van der Waals surface area contributed by atoms with Crippen molar-refractivity contribution in [3.8, 4) is 24.0 Å². The van der Waals surface area contributed by atoms with Crippen LogP contribution >= 0.6 is 11.6 Å². The van der Waals surface area contributed by atoms with E-state index >= 15 is 0 Å². The summed E-state index contributed by atoms with van der Waals surface area (Å²) in [6, 6.07) is 20.1. The molecule has 2 aliphatic rings. The Morgan fingerprint density at radius 3 is 2.29 bits per heavy atom. The molecule has 7 nitrogen and oxygen atoms in total. The Labute approximate surface area is 229 Å². The standard InChI is InChI=1S/C30H31ClN4O3/c1-3-4-5-6-7-8-16-36-25-14-12-22(13-15-25)26-28(18-32,19-33)29(20-34)21(2)30(37-26,38-27(29)35)23-10-9-11-24(31)17-23/h9-15,17,21,26,35H,3-8,16H2,1-2H3. The van der Waals surface area contributed by atoms with Gasteiger partial charge in [0.25, 0.3) is 0 Å². The molecule has 2 heterocycles. The predicted octanol–water partition coefficient (Wildman–Crippen LogP) is 7.19. The van der Waals surface area contributed by atoms with Crippen molar-refractivity contribution in [1.82, 2.24) is 0 Å². The van der Waals surface area contributed by atoms with Crippen molar-refractivity contribution in [1.29, 1.82) is 21.2 Å². The molecule has 2 aromatic carbocycles. The Morgan fingerprint density at radius 1 is 0.974 bits per heavy atom. The van der Waals surface area contributed by atoms with E-state index < -0.39 is 34.5 Å². The van der Waals surface area contributed by atoms with E-state index in [1.807, 2.05) is 0 Å². The van der Waals surface area contributed by atoms with Crippen LogP contribution in [-0.4, -0.2) is 12.5 Å². The van der Waals surface area contributed by atoms with Gasteiger partial charge in [0, 0.05) is 10.6 Å². The van der Waals surface area contributed by atoms with Crippen LogP contribution in [0.4, 0.5) is 0 Å². The number of nitrogens with zero attached hydrogens (tertiary/aromatic N) is 3. The van der Waals surface area contributed by atoms with E-state index in [4.69, 9.17) is 31.2 Å². The monoisotopic (exact) mass is 530 g/mol. The Hall–Kier alpha value is -3.57. The molecule has 2 aliphatic heterocycles.